The highest BCUT2D eigenvalue weighted by atomic mass is 32.2. The van der Waals surface area contributed by atoms with Gasteiger partial charge in [0, 0.05) is 38.7 Å². The first-order valence-electron chi connectivity index (χ1n) is 11.2. The van der Waals surface area contributed by atoms with Gasteiger partial charge in [-0.3, -0.25) is 4.79 Å². The molecule has 1 aromatic carbocycles. The summed E-state index contributed by atoms with van der Waals surface area (Å²) in [6.45, 7) is 4.25. The monoisotopic (exact) mass is 500 g/mol. The lowest BCUT2D eigenvalue weighted by Gasteiger charge is -2.36. The number of halogens is 3. The smallest absolute Gasteiger partial charge is 0.316 e. The van der Waals surface area contributed by atoms with Crippen molar-refractivity contribution in [2.75, 3.05) is 31.1 Å². The van der Waals surface area contributed by atoms with Gasteiger partial charge >= 0.3 is 5.56 Å². The van der Waals surface area contributed by atoms with Crippen molar-refractivity contribution in [3.05, 3.63) is 46.4 Å². The van der Waals surface area contributed by atoms with E-state index in [0.29, 0.717) is 37.7 Å². The highest BCUT2D eigenvalue weighted by molar-refractivity contribution is 7.89. The lowest BCUT2D eigenvalue weighted by Crippen LogP contribution is -2.50. The molecule has 1 aliphatic carbocycles. The Bertz CT molecular complexity index is 1190. The SMILES string of the molecule is CC(C)S(=O)(=O)N1CCN(c2cnn(-c3cc(F)cc(F)c3)c(=O)c2O[C@H]2CC[C@H](F)C2)CC1. The van der Waals surface area contributed by atoms with Gasteiger partial charge in [-0.15, -0.1) is 0 Å². The standard InChI is InChI=1S/C22H27F3N4O4S/c1-14(2)34(31,32)28-7-5-27(6-8-28)20-13-26-29(18-10-16(24)9-17(25)11-18)22(30)21(20)33-19-4-3-15(23)12-19/h9-11,13-15,19H,3-8,12H2,1-2H3/t15-,19-/m0/s1. The molecule has 1 aliphatic heterocycles. The van der Waals surface area contributed by atoms with E-state index < -0.39 is 44.7 Å². The number of alkyl halides is 1. The maximum Gasteiger partial charge on any atom is 0.316 e. The van der Waals surface area contributed by atoms with Crippen LogP contribution in [0.1, 0.15) is 33.1 Å². The first-order chi connectivity index (χ1) is 16.1. The number of ether oxygens (including phenoxy) is 1. The predicted molar refractivity (Wildman–Crippen MR) is 121 cm³/mol. The molecule has 186 valence electrons. The second kappa shape index (κ2) is 9.57. The van der Waals surface area contributed by atoms with Gasteiger partial charge in [-0.2, -0.15) is 14.1 Å². The average Bonchev–Trinajstić information content (AvgIpc) is 3.19. The van der Waals surface area contributed by atoms with Crippen molar-refractivity contribution < 1.29 is 26.3 Å². The maximum atomic E-state index is 13.8. The molecule has 2 heterocycles. The summed E-state index contributed by atoms with van der Waals surface area (Å²) in [6.07, 6.45) is 0.686. The first kappa shape index (κ1) is 24.5. The second-order valence-electron chi connectivity index (χ2n) is 8.83. The predicted octanol–water partition coefficient (Wildman–Crippen LogP) is 2.64. The van der Waals surface area contributed by atoms with Crippen molar-refractivity contribution in [2.45, 2.75) is 50.6 Å². The molecule has 2 atom stereocenters. The summed E-state index contributed by atoms with van der Waals surface area (Å²) in [5.74, 6) is -1.83. The van der Waals surface area contributed by atoms with E-state index >= 15 is 0 Å². The molecule has 12 heteroatoms. The minimum absolute atomic E-state index is 0.0982. The molecular formula is C22H27F3N4O4S. The van der Waals surface area contributed by atoms with Gasteiger partial charge in [0.1, 0.15) is 29.6 Å². The van der Waals surface area contributed by atoms with E-state index in [1.807, 2.05) is 0 Å². The van der Waals surface area contributed by atoms with Crippen LogP contribution in [0.25, 0.3) is 5.69 Å². The van der Waals surface area contributed by atoms with Crippen LogP contribution in [0, 0.1) is 11.6 Å². The lowest BCUT2D eigenvalue weighted by molar-refractivity contribution is 0.193. The van der Waals surface area contributed by atoms with Crippen molar-refractivity contribution in [1.82, 2.24) is 14.1 Å². The van der Waals surface area contributed by atoms with Crippen molar-refractivity contribution in [1.29, 1.82) is 0 Å². The fourth-order valence-corrected chi connectivity index (χ4v) is 5.52. The summed E-state index contributed by atoms with van der Waals surface area (Å²) in [6, 6.07) is 2.64. The molecule has 4 rings (SSSR count). The Kier molecular flexibility index (Phi) is 6.90. The van der Waals surface area contributed by atoms with Crippen LogP contribution in [-0.2, 0) is 10.0 Å². The molecule has 1 saturated heterocycles. The van der Waals surface area contributed by atoms with Gasteiger partial charge in [0.25, 0.3) is 0 Å². The van der Waals surface area contributed by atoms with Crippen LogP contribution in [0.4, 0.5) is 18.9 Å². The zero-order chi connectivity index (χ0) is 24.6. The molecule has 0 radical (unpaired) electrons. The van der Waals surface area contributed by atoms with E-state index in [0.717, 1.165) is 16.8 Å². The molecule has 2 aliphatic rings. The van der Waals surface area contributed by atoms with E-state index in [1.165, 1.54) is 10.5 Å². The number of piperazine rings is 1. The quantitative estimate of drug-likeness (QED) is 0.607. The molecule has 0 unspecified atom stereocenters. The summed E-state index contributed by atoms with van der Waals surface area (Å²) in [4.78, 5) is 15.1. The van der Waals surface area contributed by atoms with Crippen LogP contribution in [-0.4, -0.2) is 66.2 Å². The minimum atomic E-state index is -3.42. The Morgan fingerprint density at radius 3 is 2.26 bits per heavy atom. The normalized spacial score (nSPS) is 21.9. The number of hydrogen-bond donors (Lipinski definition) is 0. The highest BCUT2D eigenvalue weighted by Crippen LogP contribution is 2.31. The van der Waals surface area contributed by atoms with Gasteiger partial charge in [-0.05, 0) is 38.8 Å². The zero-order valence-corrected chi connectivity index (χ0v) is 19.8. The van der Waals surface area contributed by atoms with Crippen LogP contribution >= 0.6 is 0 Å². The largest absolute Gasteiger partial charge is 0.483 e. The van der Waals surface area contributed by atoms with E-state index in [1.54, 1.807) is 18.7 Å². The van der Waals surface area contributed by atoms with E-state index in [9.17, 15) is 26.4 Å². The van der Waals surface area contributed by atoms with Gasteiger partial charge in [0.2, 0.25) is 15.8 Å². The van der Waals surface area contributed by atoms with E-state index in [-0.39, 0.29) is 30.9 Å². The molecule has 0 spiro atoms. The Morgan fingerprint density at radius 2 is 1.71 bits per heavy atom. The molecule has 1 saturated carbocycles. The summed E-state index contributed by atoms with van der Waals surface area (Å²) in [7, 11) is -3.42. The summed E-state index contributed by atoms with van der Waals surface area (Å²) < 4.78 is 74.4. The number of anilines is 1. The molecular weight excluding hydrogens is 473 g/mol. The Balaban J connectivity index is 1.68. The van der Waals surface area contributed by atoms with Crippen LogP contribution in [0.3, 0.4) is 0 Å². The number of hydrogen-bond acceptors (Lipinski definition) is 6. The van der Waals surface area contributed by atoms with E-state index in [2.05, 4.69) is 5.10 Å². The number of nitrogens with zero attached hydrogens (tertiary/aromatic N) is 4. The topological polar surface area (TPSA) is 84.7 Å². The number of aromatic nitrogens is 2. The van der Waals surface area contributed by atoms with Crippen molar-refractivity contribution in [2.24, 2.45) is 0 Å². The average molecular weight is 501 g/mol. The van der Waals surface area contributed by atoms with E-state index in [4.69, 9.17) is 4.74 Å². The minimum Gasteiger partial charge on any atom is -0.483 e. The molecule has 2 fully saturated rings. The maximum absolute atomic E-state index is 13.8. The van der Waals surface area contributed by atoms with Gasteiger partial charge in [0.05, 0.1) is 17.1 Å². The fourth-order valence-electron chi connectivity index (χ4n) is 4.25. The summed E-state index contributed by atoms with van der Waals surface area (Å²) in [5, 5.41) is 3.55. The van der Waals surface area contributed by atoms with Crippen LogP contribution in [0.5, 0.6) is 5.75 Å². The molecule has 0 amide bonds. The first-order valence-corrected chi connectivity index (χ1v) is 12.7. The van der Waals surface area contributed by atoms with Gasteiger partial charge in [0.15, 0.2) is 0 Å². The van der Waals surface area contributed by atoms with Crippen LogP contribution in [0.15, 0.2) is 29.2 Å². The van der Waals surface area contributed by atoms with Crippen LogP contribution < -0.4 is 15.2 Å². The lowest BCUT2D eigenvalue weighted by atomic mass is 10.2. The Hall–Kier alpha value is -2.60. The molecule has 0 bridgehead atoms. The zero-order valence-electron chi connectivity index (χ0n) is 19.0. The molecule has 0 N–H and O–H groups in total. The van der Waals surface area contributed by atoms with Crippen molar-refractivity contribution >= 4 is 15.7 Å². The highest BCUT2D eigenvalue weighted by Gasteiger charge is 2.33. The third-order valence-electron chi connectivity index (χ3n) is 6.15. The Morgan fingerprint density at radius 1 is 1.06 bits per heavy atom. The molecule has 8 nitrogen and oxygen atoms in total. The van der Waals surface area contributed by atoms with Crippen molar-refractivity contribution in [3.8, 4) is 11.4 Å². The van der Waals surface area contributed by atoms with Gasteiger partial charge in [-0.25, -0.2) is 21.6 Å². The Labute approximate surface area is 196 Å². The van der Waals surface area contributed by atoms with Crippen molar-refractivity contribution in [3.63, 3.8) is 0 Å². The number of rotatable bonds is 6. The van der Waals surface area contributed by atoms with Gasteiger partial charge < -0.3 is 9.64 Å². The third kappa shape index (κ3) is 4.92. The number of sulfonamides is 1. The number of benzene rings is 1. The summed E-state index contributed by atoms with van der Waals surface area (Å²) in [5.41, 5.74) is -0.509. The molecule has 2 aromatic rings. The molecule has 1 aromatic heterocycles. The molecule has 34 heavy (non-hydrogen) atoms. The second-order valence-corrected chi connectivity index (χ2v) is 11.3. The van der Waals surface area contributed by atoms with Crippen LogP contribution in [0.2, 0.25) is 0 Å². The van der Waals surface area contributed by atoms with Gasteiger partial charge in [-0.1, -0.05) is 0 Å². The third-order valence-corrected chi connectivity index (χ3v) is 8.42. The fraction of sp³-hybridized carbons (Fsp3) is 0.545. The summed E-state index contributed by atoms with van der Waals surface area (Å²) >= 11 is 0.